The third-order valence-electron chi connectivity index (χ3n) is 3.39. The minimum Gasteiger partial charge on any atom is -0.507 e. The van der Waals surface area contributed by atoms with Gasteiger partial charge in [-0.15, -0.1) is 0 Å². The highest BCUT2D eigenvalue weighted by Gasteiger charge is 2.18. The summed E-state index contributed by atoms with van der Waals surface area (Å²) in [6, 6.07) is 4.96. The Kier molecular flexibility index (Phi) is 4.07. The second-order valence-electron chi connectivity index (χ2n) is 4.69. The first kappa shape index (κ1) is 12.7. The molecule has 1 aliphatic carbocycles. The van der Waals surface area contributed by atoms with Crippen LogP contribution in [0.25, 0.3) is 0 Å². The Labute approximate surface area is 107 Å². The monoisotopic (exact) mass is 249 g/mol. The fraction of sp³-hybridized carbons (Fsp3) is 0.500. The molecule has 1 aromatic rings. The topological polar surface area (TPSA) is 58.6 Å². The molecule has 1 amide bonds. The number of carbonyl (C=O) groups excluding carboxylic acids is 1. The lowest BCUT2D eigenvalue weighted by molar-refractivity contribution is 0.0925. The molecule has 4 heteroatoms. The predicted octanol–water partition coefficient (Wildman–Crippen LogP) is 2.46. The highest BCUT2D eigenvalue weighted by atomic mass is 16.5. The largest absolute Gasteiger partial charge is 0.507 e. The highest BCUT2D eigenvalue weighted by molar-refractivity contribution is 5.97. The lowest BCUT2D eigenvalue weighted by Gasteiger charge is -2.22. The maximum absolute atomic E-state index is 12.0. The number of carbonyl (C=O) groups is 1. The highest BCUT2D eigenvalue weighted by Crippen LogP contribution is 2.24. The summed E-state index contributed by atoms with van der Waals surface area (Å²) in [5.74, 6) is 0.298. The number of hydrogen-bond donors (Lipinski definition) is 2. The van der Waals surface area contributed by atoms with Crippen LogP contribution < -0.4 is 10.1 Å². The summed E-state index contributed by atoms with van der Waals surface area (Å²) in [6.07, 6.45) is 5.64. The number of ether oxygens (including phenoxy) is 1. The minimum absolute atomic E-state index is 0.0392. The van der Waals surface area contributed by atoms with Crippen molar-refractivity contribution >= 4 is 5.91 Å². The lowest BCUT2D eigenvalue weighted by Crippen LogP contribution is -2.36. The van der Waals surface area contributed by atoms with E-state index in [2.05, 4.69) is 5.32 Å². The Morgan fingerprint density at radius 1 is 1.33 bits per heavy atom. The van der Waals surface area contributed by atoms with E-state index in [0.29, 0.717) is 11.3 Å². The molecule has 0 spiro atoms. The van der Waals surface area contributed by atoms with Crippen LogP contribution in [-0.4, -0.2) is 24.2 Å². The number of methoxy groups -OCH3 is 1. The predicted molar refractivity (Wildman–Crippen MR) is 69.0 cm³/mol. The summed E-state index contributed by atoms with van der Waals surface area (Å²) in [5, 5.41) is 12.8. The molecule has 1 aliphatic rings. The minimum atomic E-state index is -0.206. The number of aromatic hydroxyl groups is 1. The van der Waals surface area contributed by atoms with Crippen LogP contribution in [0.15, 0.2) is 18.2 Å². The summed E-state index contributed by atoms with van der Waals surface area (Å²) in [4.78, 5) is 12.0. The van der Waals surface area contributed by atoms with Gasteiger partial charge in [0, 0.05) is 12.1 Å². The average Bonchev–Trinajstić information content (AvgIpc) is 2.39. The third-order valence-corrected chi connectivity index (χ3v) is 3.39. The van der Waals surface area contributed by atoms with E-state index in [-0.39, 0.29) is 17.7 Å². The van der Waals surface area contributed by atoms with Gasteiger partial charge < -0.3 is 15.2 Å². The normalized spacial score (nSPS) is 16.3. The zero-order chi connectivity index (χ0) is 13.0. The van der Waals surface area contributed by atoms with Crippen molar-refractivity contribution in [3.05, 3.63) is 23.8 Å². The Bertz CT molecular complexity index is 425. The molecule has 18 heavy (non-hydrogen) atoms. The van der Waals surface area contributed by atoms with E-state index >= 15 is 0 Å². The zero-order valence-corrected chi connectivity index (χ0v) is 10.6. The van der Waals surface area contributed by atoms with Crippen LogP contribution in [0, 0.1) is 0 Å². The molecular weight excluding hydrogens is 230 g/mol. The number of benzene rings is 1. The second kappa shape index (κ2) is 5.76. The summed E-state index contributed by atoms with van der Waals surface area (Å²) in [6.45, 7) is 0. The van der Waals surface area contributed by atoms with Gasteiger partial charge in [0.1, 0.15) is 11.5 Å². The van der Waals surface area contributed by atoms with E-state index in [1.807, 2.05) is 0 Å². The van der Waals surface area contributed by atoms with Gasteiger partial charge in [-0.25, -0.2) is 0 Å². The van der Waals surface area contributed by atoms with Gasteiger partial charge in [-0.2, -0.15) is 0 Å². The number of phenols is 1. The molecule has 0 saturated heterocycles. The van der Waals surface area contributed by atoms with Crippen molar-refractivity contribution in [1.82, 2.24) is 5.32 Å². The Hall–Kier alpha value is -1.71. The molecule has 0 unspecified atom stereocenters. The maximum Gasteiger partial charge on any atom is 0.255 e. The molecule has 2 N–H and O–H groups in total. The quantitative estimate of drug-likeness (QED) is 0.865. The van der Waals surface area contributed by atoms with Gasteiger partial charge in [-0.1, -0.05) is 19.3 Å². The van der Waals surface area contributed by atoms with Crippen molar-refractivity contribution in [2.24, 2.45) is 0 Å². The standard InChI is InChI=1S/C14H19NO3/c1-18-11-7-8-12(13(16)9-11)14(17)15-10-5-3-2-4-6-10/h7-10,16H,2-6H2,1H3,(H,15,17). The van der Waals surface area contributed by atoms with Gasteiger partial charge in [0.25, 0.3) is 5.91 Å². The van der Waals surface area contributed by atoms with Gasteiger partial charge >= 0.3 is 0 Å². The molecule has 0 radical (unpaired) electrons. The van der Waals surface area contributed by atoms with Gasteiger partial charge in [0.2, 0.25) is 0 Å². The molecule has 0 atom stereocenters. The number of phenolic OH excluding ortho intramolecular Hbond substituents is 1. The number of hydrogen-bond acceptors (Lipinski definition) is 3. The van der Waals surface area contributed by atoms with Crippen molar-refractivity contribution in [2.75, 3.05) is 7.11 Å². The van der Waals surface area contributed by atoms with Crippen molar-refractivity contribution in [2.45, 2.75) is 38.1 Å². The Morgan fingerprint density at radius 3 is 2.67 bits per heavy atom. The molecule has 1 fully saturated rings. The van der Waals surface area contributed by atoms with Gasteiger partial charge in [0.15, 0.2) is 0 Å². The first-order valence-electron chi connectivity index (χ1n) is 6.38. The van der Waals surface area contributed by atoms with Gasteiger partial charge in [0.05, 0.1) is 12.7 Å². The molecule has 0 aromatic heterocycles. The van der Waals surface area contributed by atoms with E-state index in [9.17, 15) is 9.90 Å². The molecule has 4 nitrogen and oxygen atoms in total. The van der Waals surface area contributed by atoms with Crippen LogP contribution in [0.4, 0.5) is 0 Å². The molecule has 0 aliphatic heterocycles. The van der Waals surface area contributed by atoms with E-state index in [1.165, 1.54) is 32.4 Å². The fourth-order valence-corrected chi connectivity index (χ4v) is 2.34. The molecule has 2 rings (SSSR count). The van der Waals surface area contributed by atoms with Crippen LogP contribution in [-0.2, 0) is 0 Å². The summed E-state index contributed by atoms with van der Waals surface area (Å²) in [5.41, 5.74) is 0.307. The summed E-state index contributed by atoms with van der Waals surface area (Å²) in [7, 11) is 1.52. The number of nitrogens with one attached hydrogen (secondary N) is 1. The smallest absolute Gasteiger partial charge is 0.255 e. The van der Waals surface area contributed by atoms with Crippen LogP contribution in [0.1, 0.15) is 42.5 Å². The number of amides is 1. The van der Waals surface area contributed by atoms with E-state index in [0.717, 1.165) is 12.8 Å². The summed E-state index contributed by atoms with van der Waals surface area (Å²) >= 11 is 0. The van der Waals surface area contributed by atoms with Crippen LogP contribution in [0.3, 0.4) is 0 Å². The van der Waals surface area contributed by atoms with Crippen LogP contribution in [0.5, 0.6) is 11.5 Å². The second-order valence-corrected chi connectivity index (χ2v) is 4.69. The SMILES string of the molecule is COc1ccc(C(=O)NC2CCCCC2)c(O)c1. The molecule has 0 bridgehead atoms. The molecule has 98 valence electrons. The van der Waals surface area contributed by atoms with Crippen LogP contribution >= 0.6 is 0 Å². The van der Waals surface area contributed by atoms with Gasteiger partial charge in [-0.3, -0.25) is 4.79 Å². The van der Waals surface area contributed by atoms with E-state index in [1.54, 1.807) is 12.1 Å². The summed E-state index contributed by atoms with van der Waals surface area (Å²) < 4.78 is 4.99. The van der Waals surface area contributed by atoms with Crippen LogP contribution in [0.2, 0.25) is 0 Å². The third kappa shape index (κ3) is 2.94. The van der Waals surface area contributed by atoms with Crippen molar-refractivity contribution in [3.63, 3.8) is 0 Å². The maximum atomic E-state index is 12.0. The van der Waals surface area contributed by atoms with Crippen molar-refractivity contribution in [1.29, 1.82) is 0 Å². The molecular formula is C14H19NO3. The van der Waals surface area contributed by atoms with E-state index in [4.69, 9.17) is 4.74 Å². The lowest BCUT2D eigenvalue weighted by atomic mass is 9.95. The van der Waals surface area contributed by atoms with E-state index < -0.39 is 0 Å². The molecule has 1 saturated carbocycles. The average molecular weight is 249 g/mol. The van der Waals surface area contributed by atoms with Crippen molar-refractivity contribution in [3.8, 4) is 11.5 Å². The zero-order valence-electron chi connectivity index (χ0n) is 10.6. The Morgan fingerprint density at radius 2 is 2.06 bits per heavy atom. The van der Waals surface area contributed by atoms with Gasteiger partial charge in [-0.05, 0) is 25.0 Å². The molecule has 1 aromatic carbocycles. The number of rotatable bonds is 3. The first-order valence-corrected chi connectivity index (χ1v) is 6.38. The Balaban J connectivity index is 2.03. The molecule has 0 heterocycles. The van der Waals surface area contributed by atoms with Crippen molar-refractivity contribution < 1.29 is 14.6 Å². The first-order chi connectivity index (χ1) is 8.70. The fourth-order valence-electron chi connectivity index (χ4n) is 2.34.